The van der Waals surface area contributed by atoms with E-state index in [4.69, 9.17) is 0 Å². The zero-order valence-corrected chi connectivity index (χ0v) is 11.5. The summed E-state index contributed by atoms with van der Waals surface area (Å²) in [6.45, 7) is 3.68. The molecule has 3 rings (SSSR count). The Bertz CT molecular complexity index is 244. The maximum Gasteiger partial charge on any atom is 0.00675 e. The van der Waals surface area contributed by atoms with Crippen LogP contribution >= 0.6 is 0 Å². The van der Waals surface area contributed by atoms with Crippen LogP contribution in [0.25, 0.3) is 0 Å². The number of hydrogen-bond acceptors (Lipinski definition) is 1. The van der Waals surface area contributed by atoms with Gasteiger partial charge in [-0.1, -0.05) is 19.8 Å². The molecule has 0 radical (unpaired) electrons. The van der Waals surface area contributed by atoms with Crippen LogP contribution in [0.1, 0.15) is 71.1 Å². The maximum absolute atomic E-state index is 3.91. The number of rotatable bonds is 6. The Morgan fingerprint density at radius 2 is 1.71 bits per heavy atom. The van der Waals surface area contributed by atoms with Crippen LogP contribution in [0.3, 0.4) is 0 Å². The van der Waals surface area contributed by atoms with E-state index in [1.165, 1.54) is 70.8 Å². The van der Waals surface area contributed by atoms with E-state index in [-0.39, 0.29) is 0 Å². The van der Waals surface area contributed by atoms with Gasteiger partial charge >= 0.3 is 0 Å². The molecule has 1 N–H and O–H groups in total. The highest BCUT2D eigenvalue weighted by Crippen LogP contribution is 2.60. The molecule has 3 aliphatic carbocycles. The highest BCUT2D eigenvalue weighted by atomic mass is 14.9. The van der Waals surface area contributed by atoms with Gasteiger partial charge in [0.05, 0.1) is 0 Å². The van der Waals surface area contributed by atoms with Gasteiger partial charge in [-0.15, -0.1) is 0 Å². The van der Waals surface area contributed by atoms with Crippen molar-refractivity contribution in [2.45, 2.75) is 77.2 Å². The lowest BCUT2D eigenvalue weighted by Gasteiger charge is -2.30. The van der Waals surface area contributed by atoms with Crippen LogP contribution in [0.2, 0.25) is 0 Å². The third-order valence-corrected chi connectivity index (χ3v) is 5.62. The van der Waals surface area contributed by atoms with Gasteiger partial charge < -0.3 is 5.32 Å². The number of hydrogen-bond donors (Lipinski definition) is 1. The van der Waals surface area contributed by atoms with Gasteiger partial charge in [0.15, 0.2) is 0 Å². The van der Waals surface area contributed by atoms with Crippen molar-refractivity contribution < 1.29 is 0 Å². The van der Waals surface area contributed by atoms with E-state index < -0.39 is 0 Å². The van der Waals surface area contributed by atoms with E-state index in [2.05, 4.69) is 12.2 Å². The molecule has 0 aromatic rings. The van der Waals surface area contributed by atoms with Gasteiger partial charge in [-0.3, -0.25) is 0 Å². The predicted octanol–water partition coefficient (Wildman–Crippen LogP) is 4.13. The van der Waals surface area contributed by atoms with E-state index in [1.807, 2.05) is 0 Å². The Kier molecular flexibility index (Phi) is 3.47. The summed E-state index contributed by atoms with van der Waals surface area (Å²) >= 11 is 0. The summed E-state index contributed by atoms with van der Waals surface area (Å²) < 4.78 is 0. The van der Waals surface area contributed by atoms with E-state index in [1.54, 1.807) is 0 Å². The Morgan fingerprint density at radius 3 is 2.24 bits per heavy atom. The van der Waals surface area contributed by atoms with Crippen molar-refractivity contribution in [1.82, 2.24) is 5.32 Å². The first-order chi connectivity index (χ1) is 8.32. The van der Waals surface area contributed by atoms with Gasteiger partial charge in [0.25, 0.3) is 0 Å². The standard InChI is InChI=1S/C16H29N/c1-2-3-13-4-8-15(9-5-13)17-12-16(10-11-16)14-6-7-14/h13-15,17H,2-12H2,1H3. The van der Waals surface area contributed by atoms with Crippen molar-refractivity contribution in [1.29, 1.82) is 0 Å². The van der Waals surface area contributed by atoms with Crippen LogP contribution in [0.15, 0.2) is 0 Å². The number of nitrogens with one attached hydrogen (secondary N) is 1. The van der Waals surface area contributed by atoms with Gasteiger partial charge in [0.2, 0.25) is 0 Å². The monoisotopic (exact) mass is 235 g/mol. The molecule has 0 unspecified atom stereocenters. The van der Waals surface area contributed by atoms with E-state index in [0.29, 0.717) is 0 Å². The predicted molar refractivity (Wildman–Crippen MR) is 73.0 cm³/mol. The summed E-state index contributed by atoms with van der Waals surface area (Å²) in [7, 11) is 0. The molecular formula is C16H29N. The zero-order chi connectivity index (χ0) is 11.7. The molecule has 0 aromatic heterocycles. The van der Waals surface area contributed by atoms with Crippen LogP contribution in [-0.4, -0.2) is 12.6 Å². The van der Waals surface area contributed by atoms with Crippen molar-refractivity contribution in [3.05, 3.63) is 0 Å². The maximum atomic E-state index is 3.91. The molecule has 0 saturated heterocycles. The Balaban J connectivity index is 1.36. The Morgan fingerprint density at radius 1 is 1.00 bits per heavy atom. The van der Waals surface area contributed by atoms with Crippen LogP contribution in [0.4, 0.5) is 0 Å². The Hall–Kier alpha value is -0.0400. The summed E-state index contributed by atoms with van der Waals surface area (Å²) in [4.78, 5) is 0. The lowest BCUT2D eigenvalue weighted by molar-refractivity contribution is 0.261. The fraction of sp³-hybridized carbons (Fsp3) is 1.00. The summed E-state index contributed by atoms with van der Waals surface area (Å²) in [6.07, 6.45) is 14.8. The fourth-order valence-electron chi connectivity index (χ4n) is 4.00. The highest BCUT2D eigenvalue weighted by Gasteiger charge is 2.53. The summed E-state index contributed by atoms with van der Waals surface area (Å²) in [6, 6.07) is 0.860. The van der Waals surface area contributed by atoms with Crippen LogP contribution < -0.4 is 5.32 Å². The van der Waals surface area contributed by atoms with Gasteiger partial charge in [0.1, 0.15) is 0 Å². The van der Waals surface area contributed by atoms with Gasteiger partial charge in [0, 0.05) is 12.6 Å². The first kappa shape index (κ1) is 12.0. The van der Waals surface area contributed by atoms with E-state index in [0.717, 1.165) is 23.3 Å². The average Bonchev–Trinajstić information content (AvgIpc) is 3.21. The highest BCUT2D eigenvalue weighted by molar-refractivity contribution is 5.05. The first-order valence-electron chi connectivity index (χ1n) is 8.06. The molecule has 0 aliphatic heterocycles. The fourth-order valence-corrected chi connectivity index (χ4v) is 4.00. The normalized spacial score (nSPS) is 35.8. The minimum absolute atomic E-state index is 0.792. The van der Waals surface area contributed by atoms with Gasteiger partial charge in [-0.2, -0.15) is 0 Å². The smallest absolute Gasteiger partial charge is 0.00675 e. The quantitative estimate of drug-likeness (QED) is 0.730. The summed E-state index contributed by atoms with van der Waals surface area (Å²) in [5.74, 6) is 2.17. The third kappa shape index (κ3) is 2.86. The molecule has 0 aromatic carbocycles. The zero-order valence-electron chi connectivity index (χ0n) is 11.5. The molecular weight excluding hydrogens is 206 g/mol. The first-order valence-corrected chi connectivity index (χ1v) is 8.06. The minimum atomic E-state index is 0.792. The average molecular weight is 235 g/mol. The molecule has 3 saturated carbocycles. The second-order valence-electron chi connectivity index (χ2n) is 7.02. The van der Waals surface area contributed by atoms with Crippen molar-refractivity contribution in [2.75, 3.05) is 6.54 Å². The van der Waals surface area contributed by atoms with E-state index in [9.17, 15) is 0 Å². The molecule has 0 heterocycles. The largest absolute Gasteiger partial charge is 0.313 e. The topological polar surface area (TPSA) is 12.0 Å². The Labute approximate surface area is 107 Å². The molecule has 3 aliphatic rings. The lowest BCUT2D eigenvalue weighted by atomic mass is 9.83. The van der Waals surface area contributed by atoms with Crippen molar-refractivity contribution in [3.8, 4) is 0 Å². The van der Waals surface area contributed by atoms with Crippen molar-refractivity contribution in [3.63, 3.8) is 0 Å². The van der Waals surface area contributed by atoms with Crippen molar-refractivity contribution in [2.24, 2.45) is 17.3 Å². The minimum Gasteiger partial charge on any atom is -0.313 e. The molecule has 98 valence electrons. The molecule has 3 fully saturated rings. The second kappa shape index (κ2) is 4.91. The van der Waals surface area contributed by atoms with Gasteiger partial charge in [-0.25, -0.2) is 0 Å². The molecule has 0 amide bonds. The summed E-state index contributed by atoms with van der Waals surface area (Å²) in [5.41, 5.74) is 0.792. The molecule has 1 nitrogen and oxygen atoms in total. The van der Waals surface area contributed by atoms with Crippen LogP contribution in [0, 0.1) is 17.3 Å². The second-order valence-corrected chi connectivity index (χ2v) is 7.02. The molecule has 17 heavy (non-hydrogen) atoms. The van der Waals surface area contributed by atoms with E-state index >= 15 is 0 Å². The SMILES string of the molecule is CCCC1CCC(NCC2(C3CC3)CC2)CC1. The molecule has 1 heteroatoms. The summed E-state index contributed by atoms with van der Waals surface area (Å²) in [5, 5.41) is 3.91. The molecule has 0 atom stereocenters. The van der Waals surface area contributed by atoms with Crippen LogP contribution in [-0.2, 0) is 0 Å². The lowest BCUT2D eigenvalue weighted by Crippen LogP contribution is -2.37. The molecule has 0 spiro atoms. The third-order valence-electron chi connectivity index (χ3n) is 5.62. The molecule has 0 bridgehead atoms. The van der Waals surface area contributed by atoms with Crippen LogP contribution in [0.5, 0.6) is 0 Å². The van der Waals surface area contributed by atoms with Gasteiger partial charge in [-0.05, 0) is 68.6 Å². The van der Waals surface area contributed by atoms with Crippen molar-refractivity contribution >= 4 is 0 Å².